The van der Waals surface area contributed by atoms with Gasteiger partial charge in [-0.25, -0.2) is 9.37 Å². The SMILES string of the molecule is Cc1cccc2sc(NCc3ccc(F)cc3)nc12. The van der Waals surface area contributed by atoms with E-state index >= 15 is 0 Å². The van der Waals surface area contributed by atoms with Crippen LogP contribution >= 0.6 is 11.3 Å². The van der Waals surface area contributed by atoms with E-state index in [2.05, 4.69) is 29.4 Å². The number of anilines is 1. The third kappa shape index (κ3) is 2.58. The summed E-state index contributed by atoms with van der Waals surface area (Å²) in [5.41, 5.74) is 3.27. The molecule has 3 aromatic rings. The number of rotatable bonds is 3. The van der Waals surface area contributed by atoms with E-state index < -0.39 is 0 Å². The largest absolute Gasteiger partial charge is 0.357 e. The molecule has 0 unspecified atom stereocenters. The predicted octanol–water partition coefficient (Wildman–Crippen LogP) is 4.36. The van der Waals surface area contributed by atoms with Crippen molar-refractivity contribution in [3.63, 3.8) is 0 Å². The molecule has 19 heavy (non-hydrogen) atoms. The highest BCUT2D eigenvalue weighted by Crippen LogP contribution is 2.28. The molecule has 3 rings (SSSR count). The van der Waals surface area contributed by atoms with Crippen LogP contribution in [-0.4, -0.2) is 4.98 Å². The topological polar surface area (TPSA) is 24.9 Å². The van der Waals surface area contributed by atoms with E-state index in [1.165, 1.54) is 22.4 Å². The molecule has 2 nitrogen and oxygen atoms in total. The third-order valence-electron chi connectivity index (χ3n) is 2.98. The minimum atomic E-state index is -0.209. The molecule has 2 aromatic carbocycles. The van der Waals surface area contributed by atoms with E-state index in [9.17, 15) is 4.39 Å². The molecule has 1 aromatic heterocycles. The molecule has 0 aliphatic carbocycles. The minimum absolute atomic E-state index is 0.209. The maximum atomic E-state index is 12.8. The molecule has 4 heteroatoms. The normalized spacial score (nSPS) is 10.8. The molecule has 1 heterocycles. The van der Waals surface area contributed by atoms with Crippen molar-refractivity contribution in [1.29, 1.82) is 0 Å². The molecule has 0 radical (unpaired) electrons. The van der Waals surface area contributed by atoms with Gasteiger partial charge < -0.3 is 5.32 Å². The minimum Gasteiger partial charge on any atom is -0.357 e. The number of aryl methyl sites for hydroxylation is 1. The van der Waals surface area contributed by atoms with E-state index in [1.807, 2.05) is 6.07 Å². The number of para-hydroxylation sites is 1. The van der Waals surface area contributed by atoms with E-state index in [-0.39, 0.29) is 5.82 Å². The van der Waals surface area contributed by atoms with Crippen molar-refractivity contribution in [2.45, 2.75) is 13.5 Å². The van der Waals surface area contributed by atoms with E-state index in [0.717, 1.165) is 16.2 Å². The standard InChI is InChI=1S/C15H13FN2S/c1-10-3-2-4-13-14(10)18-15(19-13)17-9-11-5-7-12(16)8-6-11/h2-8H,9H2,1H3,(H,17,18). The second-order valence-electron chi connectivity index (χ2n) is 4.42. The smallest absolute Gasteiger partial charge is 0.184 e. The Labute approximate surface area is 114 Å². The van der Waals surface area contributed by atoms with Crippen molar-refractivity contribution in [2.75, 3.05) is 5.32 Å². The molecule has 0 atom stereocenters. The first kappa shape index (κ1) is 12.1. The van der Waals surface area contributed by atoms with Gasteiger partial charge in [-0.15, -0.1) is 0 Å². The Morgan fingerprint density at radius 2 is 1.95 bits per heavy atom. The number of nitrogens with one attached hydrogen (secondary N) is 1. The summed E-state index contributed by atoms with van der Waals surface area (Å²) in [6.07, 6.45) is 0. The highest BCUT2D eigenvalue weighted by atomic mass is 32.1. The van der Waals surface area contributed by atoms with Gasteiger partial charge in [0, 0.05) is 6.54 Å². The van der Waals surface area contributed by atoms with Crippen LogP contribution in [0.25, 0.3) is 10.2 Å². The lowest BCUT2D eigenvalue weighted by atomic mass is 10.2. The zero-order valence-corrected chi connectivity index (χ0v) is 11.3. The lowest BCUT2D eigenvalue weighted by Crippen LogP contribution is -1.98. The maximum Gasteiger partial charge on any atom is 0.184 e. The molecule has 1 N–H and O–H groups in total. The van der Waals surface area contributed by atoms with Crippen LogP contribution in [0.15, 0.2) is 42.5 Å². The number of hydrogen-bond acceptors (Lipinski definition) is 3. The number of thiazole rings is 1. The molecular formula is C15H13FN2S. The Balaban J connectivity index is 1.78. The van der Waals surface area contributed by atoms with E-state index in [0.29, 0.717) is 6.54 Å². The van der Waals surface area contributed by atoms with E-state index in [1.54, 1.807) is 23.5 Å². The fourth-order valence-corrected chi connectivity index (χ4v) is 2.88. The summed E-state index contributed by atoms with van der Waals surface area (Å²) in [6.45, 7) is 2.71. The second-order valence-corrected chi connectivity index (χ2v) is 5.45. The van der Waals surface area contributed by atoms with Crippen LogP contribution in [0.4, 0.5) is 9.52 Å². The van der Waals surface area contributed by atoms with Gasteiger partial charge in [-0.05, 0) is 36.2 Å². The quantitative estimate of drug-likeness (QED) is 0.766. The van der Waals surface area contributed by atoms with Gasteiger partial charge in [0.25, 0.3) is 0 Å². The summed E-state index contributed by atoms with van der Waals surface area (Å²) in [4.78, 5) is 4.58. The molecular weight excluding hydrogens is 259 g/mol. The number of nitrogens with zero attached hydrogens (tertiary/aromatic N) is 1. The Morgan fingerprint density at radius 1 is 1.16 bits per heavy atom. The van der Waals surface area contributed by atoms with Gasteiger partial charge in [-0.1, -0.05) is 35.6 Å². The van der Waals surface area contributed by atoms with Crippen LogP contribution < -0.4 is 5.32 Å². The van der Waals surface area contributed by atoms with Crippen LogP contribution in [-0.2, 0) is 6.54 Å². The van der Waals surface area contributed by atoms with Crippen molar-refractivity contribution in [1.82, 2.24) is 4.98 Å². The first-order valence-corrected chi connectivity index (χ1v) is 6.88. The number of fused-ring (bicyclic) bond motifs is 1. The Morgan fingerprint density at radius 3 is 2.68 bits per heavy atom. The number of hydrogen-bond donors (Lipinski definition) is 1. The zero-order valence-electron chi connectivity index (χ0n) is 10.5. The van der Waals surface area contributed by atoms with E-state index in [4.69, 9.17) is 0 Å². The average molecular weight is 272 g/mol. The molecule has 96 valence electrons. The summed E-state index contributed by atoms with van der Waals surface area (Å²) in [5, 5.41) is 4.18. The first-order valence-electron chi connectivity index (χ1n) is 6.07. The summed E-state index contributed by atoms with van der Waals surface area (Å²) in [7, 11) is 0. The van der Waals surface area contributed by atoms with Gasteiger partial charge in [0.15, 0.2) is 5.13 Å². The van der Waals surface area contributed by atoms with Crippen molar-refractivity contribution < 1.29 is 4.39 Å². The Bertz CT molecular complexity index is 704. The van der Waals surface area contributed by atoms with Crippen molar-refractivity contribution in [2.24, 2.45) is 0 Å². The lowest BCUT2D eigenvalue weighted by molar-refractivity contribution is 0.627. The Kier molecular flexibility index (Phi) is 3.17. The van der Waals surface area contributed by atoms with Crippen molar-refractivity contribution in [3.8, 4) is 0 Å². The molecule has 0 aliphatic rings. The molecule has 0 saturated heterocycles. The highest BCUT2D eigenvalue weighted by molar-refractivity contribution is 7.22. The van der Waals surface area contributed by atoms with Crippen LogP contribution in [0.1, 0.15) is 11.1 Å². The predicted molar refractivity (Wildman–Crippen MR) is 78.1 cm³/mol. The van der Waals surface area contributed by atoms with Gasteiger partial charge in [0.05, 0.1) is 10.2 Å². The van der Waals surface area contributed by atoms with Crippen LogP contribution in [0, 0.1) is 12.7 Å². The molecule has 0 amide bonds. The molecule has 0 fully saturated rings. The maximum absolute atomic E-state index is 12.8. The fraction of sp³-hybridized carbons (Fsp3) is 0.133. The molecule has 0 bridgehead atoms. The fourth-order valence-electron chi connectivity index (χ4n) is 1.94. The zero-order chi connectivity index (χ0) is 13.2. The molecule has 0 aliphatic heterocycles. The summed E-state index contributed by atoms with van der Waals surface area (Å²) >= 11 is 1.64. The lowest BCUT2D eigenvalue weighted by Gasteiger charge is -2.02. The summed E-state index contributed by atoms with van der Waals surface area (Å²) in [6, 6.07) is 12.7. The van der Waals surface area contributed by atoms with Crippen molar-refractivity contribution in [3.05, 3.63) is 59.4 Å². The first-order chi connectivity index (χ1) is 9.22. The van der Waals surface area contributed by atoms with Gasteiger partial charge in [0.2, 0.25) is 0 Å². The average Bonchev–Trinajstić information content (AvgIpc) is 2.83. The number of halogens is 1. The molecule has 0 saturated carbocycles. The van der Waals surface area contributed by atoms with Gasteiger partial charge in [0.1, 0.15) is 5.82 Å². The summed E-state index contributed by atoms with van der Waals surface area (Å²) in [5.74, 6) is -0.209. The summed E-state index contributed by atoms with van der Waals surface area (Å²) < 4.78 is 14.0. The van der Waals surface area contributed by atoms with Crippen LogP contribution in [0.5, 0.6) is 0 Å². The van der Waals surface area contributed by atoms with Gasteiger partial charge >= 0.3 is 0 Å². The monoisotopic (exact) mass is 272 g/mol. The van der Waals surface area contributed by atoms with Crippen molar-refractivity contribution >= 4 is 26.7 Å². The molecule has 0 spiro atoms. The second kappa shape index (κ2) is 4.97. The number of benzene rings is 2. The van der Waals surface area contributed by atoms with Crippen LogP contribution in [0.2, 0.25) is 0 Å². The number of aromatic nitrogens is 1. The van der Waals surface area contributed by atoms with Gasteiger partial charge in [-0.3, -0.25) is 0 Å². The van der Waals surface area contributed by atoms with Gasteiger partial charge in [-0.2, -0.15) is 0 Å². The van der Waals surface area contributed by atoms with Crippen LogP contribution in [0.3, 0.4) is 0 Å². The Hall–Kier alpha value is -1.94. The third-order valence-corrected chi connectivity index (χ3v) is 3.96. The highest BCUT2D eigenvalue weighted by Gasteiger charge is 2.05.